The Bertz CT molecular complexity index is 1330. The van der Waals surface area contributed by atoms with Crippen molar-refractivity contribution in [3.05, 3.63) is 77.1 Å². The van der Waals surface area contributed by atoms with Gasteiger partial charge in [0.1, 0.15) is 5.82 Å². The molecular weight excluding hydrogens is 535 g/mol. The Morgan fingerprint density at radius 3 is 2.70 bits per heavy atom. The minimum absolute atomic E-state index is 0.00614. The van der Waals surface area contributed by atoms with Crippen molar-refractivity contribution in [2.75, 3.05) is 63.3 Å². The quantitative estimate of drug-likeness (QED) is 0.404. The first kappa shape index (κ1) is 28.0. The monoisotopic (exact) mass is 566 g/mol. The first-order valence-electron chi connectivity index (χ1n) is 13.2. The number of hydroxylamine groups is 2. The van der Waals surface area contributed by atoms with Crippen molar-refractivity contribution in [3.8, 4) is 0 Å². The summed E-state index contributed by atoms with van der Waals surface area (Å²) >= 11 is 6.30. The molecule has 3 aliphatic rings. The number of ether oxygens (including phenoxy) is 1. The highest BCUT2D eigenvalue weighted by atomic mass is 35.5. The predicted octanol–water partition coefficient (Wildman–Crippen LogP) is 4.14. The van der Waals surface area contributed by atoms with E-state index in [1.807, 2.05) is 24.3 Å². The molecule has 3 aliphatic heterocycles. The fraction of sp³-hybridized carbons (Fsp3) is 0.345. The van der Waals surface area contributed by atoms with E-state index in [4.69, 9.17) is 21.2 Å². The second-order valence-electron chi connectivity index (χ2n) is 9.69. The van der Waals surface area contributed by atoms with Gasteiger partial charge >= 0.3 is 0 Å². The van der Waals surface area contributed by atoms with E-state index in [0.29, 0.717) is 18.8 Å². The lowest BCUT2D eigenvalue weighted by atomic mass is 9.98. The summed E-state index contributed by atoms with van der Waals surface area (Å²) in [6.07, 6.45) is 2.40. The molecule has 40 heavy (non-hydrogen) atoms. The van der Waals surface area contributed by atoms with Gasteiger partial charge in [-0.05, 0) is 61.4 Å². The number of carbonyl (C=O) groups excluding carboxylic acids is 1. The molecule has 0 saturated carbocycles. The number of morpholine rings is 1. The highest BCUT2D eigenvalue weighted by Gasteiger charge is 2.35. The van der Waals surface area contributed by atoms with Gasteiger partial charge in [0, 0.05) is 49.2 Å². The summed E-state index contributed by atoms with van der Waals surface area (Å²) in [6, 6.07) is 12.2. The number of halogens is 2. The van der Waals surface area contributed by atoms with Crippen molar-refractivity contribution >= 4 is 46.3 Å². The molecule has 5 rings (SSSR count). The minimum atomic E-state index is -0.613. The molecule has 3 heterocycles. The molecule has 0 aliphatic carbocycles. The molecule has 0 bridgehead atoms. The predicted molar refractivity (Wildman–Crippen MR) is 156 cm³/mol. The minimum Gasteiger partial charge on any atom is -0.378 e. The summed E-state index contributed by atoms with van der Waals surface area (Å²) in [5.41, 5.74) is 2.26. The SMILES string of the molecule is C=C1C=C(c2c(F)cccc2Cl)C(=O)N(OC[C@@H]2CCNC2)/C1=N/C(=NC)Nc1ccc(N2CCOCC2)cc1. The number of nitrogens with zero attached hydrogens (tertiary/aromatic N) is 4. The van der Waals surface area contributed by atoms with Crippen molar-refractivity contribution in [2.45, 2.75) is 6.42 Å². The summed E-state index contributed by atoms with van der Waals surface area (Å²) in [6.45, 7) is 9.14. The smallest absolute Gasteiger partial charge is 0.284 e. The van der Waals surface area contributed by atoms with Crippen molar-refractivity contribution in [1.29, 1.82) is 0 Å². The topological polar surface area (TPSA) is 90.8 Å². The van der Waals surface area contributed by atoms with Crippen LogP contribution in [-0.2, 0) is 14.4 Å². The van der Waals surface area contributed by atoms with Gasteiger partial charge in [-0.25, -0.2) is 4.39 Å². The Kier molecular flexibility index (Phi) is 8.91. The number of carbonyl (C=O) groups is 1. The van der Waals surface area contributed by atoms with E-state index < -0.39 is 11.7 Å². The molecule has 2 aromatic rings. The second-order valence-corrected chi connectivity index (χ2v) is 10.1. The number of amides is 1. The largest absolute Gasteiger partial charge is 0.378 e. The Balaban J connectivity index is 1.41. The zero-order chi connectivity index (χ0) is 28.1. The summed E-state index contributed by atoms with van der Waals surface area (Å²) < 4.78 is 20.2. The average molecular weight is 567 g/mol. The van der Waals surface area contributed by atoms with E-state index in [1.165, 1.54) is 24.3 Å². The van der Waals surface area contributed by atoms with E-state index in [2.05, 4.69) is 32.1 Å². The number of guanidine groups is 1. The first-order valence-corrected chi connectivity index (χ1v) is 13.6. The number of hydrogen-bond acceptors (Lipinski definition) is 6. The summed E-state index contributed by atoms with van der Waals surface area (Å²) in [7, 11) is 1.59. The molecule has 1 atom stereocenters. The number of aliphatic imine (C=N–C) groups is 2. The summed E-state index contributed by atoms with van der Waals surface area (Å²) in [4.78, 5) is 30.9. The zero-order valence-electron chi connectivity index (χ0n) is 22.3. The zero-order valence-corrected chi connectivity index (χ0v) is 23.1. The van der Waals surface area contributed by atoms with Crippen LogP contribution < -0.4 is 15.5 Å². The van der Waals surface area contributed by atoms with Gasteiger partial charge in [0.2, 0.25) is 5.96 Å². The number of anilines is 2. The lowest BCUT2D eigenvalue weighted by molar-refractivity contribution is -0.159. The highest BCUT2D eigenvalue weighted by molar-refractivity contribution is 6.37. The average Bonchev–Trinajstić information content (AvgIpc) is 3.49. The maximum absolute atomic E-state index is 14.8. The van der Waals surface area contributed by atoms with Gasteiger partial charge < -0.3 is 20.3 Å². The fourth-order valence-electron chi connectivity index (χ4n) is 4.78. The molecular formula is C29H32ClFN6O3. The van der Waals surface area contributed by atoms with Crippen LogP contribution >= 0.6 is 11.6 Å². The number of rotatable bonds is 6. The van der Waals surface area contributed by atoms with Crippen molar-refractivity contribution in [2.24, 2.45) is 15.9 Å². The lowest BCUT2D eigenvalue weighted by Crippen LogP contribution is -2.43. The van der Waals surface area contributed by atoms with Crippen LogP contribution in [0.5, 0.6) is 0 Å². The number of benzene rings is 2. The van der Waals surface area contributed by atoms with Crippen molar-refractivity contribution < 1.29 is 18.8 Å². The van der Waals surface area contributed by atoms with Crippen LogP contribution in [-0.4, -0.2) is 75.8 Å². The molecule has 0 unspecified atom stereocenters. The van der Waals surface area contributed by atoms with Crippen LogP contribution in [0.25, 0.3) is 5.57 Å². The van der Waals surface area contributed by atoms with E-state index in [9.17, 15) is 9.18 Å². The molecule has 9 nitrogen and oxygen atoms in total. The standard InChI is InChI=1S/C29H32ClFN6O3/c1-19-16-23(26-24(30)4-3-5-25(26)31)28(38)37(40-18-20-10-11-33-17-20)27(19)35-29(32-2)34-21-6-8-22(9-7-21)36-12-14-39-15-13-36/h3-9,16,20,33H,1,10-15,17-18H2,2H3,(H,32,34)/b35-27+/t20-/m1/s1. The Morgan fingerprint density at radius 1 is 1.25 bits per heavy atom. The van der Waals surface area contributed by atoms with E-state index in [1.54, 1.807) is 7.05 Å². The van der Waals surface area contributed by atoms with Crippen LogP contribution in [0.2, 0.25) is 5.02 Å². The molecule has 0 aromatic heterocycles. The lowest BCUT2D eigenvalue weighted by Gasteiger charge is -2.30. The van der Waals surface area contributed by atoms with E-state index in [0.717, 1.165) is 49.0 Å². The number of hydrogen-bond donors (Lipinski definition) is 2. The van der Waals surface area contributed by atoms with Crippen LogP contribution in [0.3, 0.4) is 0 Å². The Morgan fingerprint density at radius 2 is 2.02 bits per heavy atom. The molecule has 2 N–H and O–H groups in total. The van der Waals surface area contributed by atoms with Crippen molar-refractivity contribution in [1.82, 2.24) is 10.4 Å². The third kappa shape index (κ3) is 6.26. The van der Waals surface area contributed by atoms with Gasteiger partial charge in [0.25, 0.3) is 5.91 Å². The molecule has 2 aromatic carbocycles. The third-order valence-electron chi connectivity index (χ3n) is 6.97. The second kappa shape index (κ2) is 12.7. The van der Waals surface area contributed by atoms with Gasteiger partial charge in [0.05, 0.1) is 30.4 Å². The maximum Gasteiger partial charge on any atom is 0.284 e. The molecule has 0 radical (unpaired) electrons. The van der Waals surface area contributed by atoms with Gasteiger partial charge in [-0.2, -0.15) is 10.1 Å². The summed E-state index contributed by atoms with van der Waals surface area (Å²) in [5, 5.41) is 7.67. The molecule has 210 valence electrons. The van der Waals surface area contributed by atoms with Crippen LogP contribution in [0.1, 0.15) is 12.0 Å². The molecule has 2 fully saturated rings. The third-order valence-corrected chi connectivity index (χ3v) is 7.29. The van der Waals surface area contributed by atoms with Crippen LogP contribution in [0, 0.1) is 11.7 Å². The van der Waals surface area contributed by atoms with E-state index >= 15 is 0 Å². The Labute approximate surface area is 238 Å². The normalized spacial score (nSPS) is 21.3. The van der Waals surface area contributed by atoms with Crippen LogP contribution in [0.4, 0.5) is 15.8 Å². The van der Waals surface area contributed by atoms with Crippen molar-refractivity contribution in [3.63, 3.8) is 0 Å². The maximum atomic E-state index is 14.8. The molecule has 1 amide bonds. The Hall–Kier alpha value is -3.57. The first-order chi connectivity index (χ1) is 19.4. The number of amidine groups is 1. The summed E-state index contributed by atoms with van der Waals surface area (Å²) in [5.74, 6) is -0.575. The van der Waals surface area contributed by atoms with Gasteiger partial charge in [0.15, 0.2) is 5.84 Å². The van der Waals surface area contributed by atoms with Crippen LogP contribution in [0.15, 0.2) is 70.7 Å². The van der Waals surface area contributed by atoms with E-state index in [-0.39, 0.29) is 40.5 Å². The molecule has 0 spiro atoms. The highest BCUT2D eigenvalue weighted by Crippen LogP contribution is 2.33. The molecule has 11 heteroatoms. The van der Waals surface area contributed by atoms with Gasteiger partial charge in [-0.1, -0.05) is 24.2 Å². The van der Waals surface area contributed by atoms with Gasteiger partial charge in [-0.3, -0.25) is 14.6 Å². The molecule has 2 saturated heterocycles. The fourth-order valence-corrected chi connectivity index (χ4v) is 5.05. The number of nitrogens with one attached hydrogen (secondary N) is 2. The van der Waals surface area contributed by atoms with Gasteiger partial charge in [-0.15, -0.1) is 0 Å².